The molecule has 144 valence electrons. The number of benzene rings is 2. The molecule has 1 aliphatic rings. The van der Waals surface area contributed by atoms with Crippen molar-refractivity contribution in [3.05, 3.63) is 58.9 Å². The molecule has 0 spiro atoms. The number of fused-ring (bicyclic) bond motifs is 1. The van der Waals surface area contributed by atoms with Gasteiger partial charge in [-0.1, -0.05) is 29.8 Å². The highest BCUT2D eigenvalue weighted by atomic mass is 35.5. The molecule has 1 aromatic heterocycles. The fourth-order valence-corrected chi connectivity index (χ4v) is 2.79. The van der Waals surface area contributed by atoms with Crippen LogP contribution in [0.25, 0.3) is 0 Å². The summed E-state index contributed by atoms with van der Waals surface area (Å²) in [4.78, 5) is 12.3. The molecule has 0 aliphatic carbocycles. The van der Waals surface area contributed by atoms with Crippen LogP contribution in [0.1, 0.15) is 11.4 Å². The molecule has 0 saturated carbocycles. The van der Waals surface area contributed by atoms with Crippen LogP contribution in [0.5, 0.6) is 17.2 Å². The van der Waals surface area contributed by atoms with Gasteiger partial charge in [-0.25, -0.2) is 4.68 Å². The molecule has 28 heavy (non-hydrogen) atoms. The summed E-state index contributed by atoms with van der Waals surface area (Å²) in [6.45, 7) is 0.623. The second-order valence-corrected chi connectivity index (χ2v) is 6.34. The van der Waals surface area contributed by atoms with Crippen molar-refractivity contribution in [1.82, 2.24) is 25.5 Å². The van der Waals surface area contributed by atoms with Crippen LogP contribution in [0.4, 0.5) is 0 Å². The maximum Gasteiger partial charge on any atom is 0.242 e. The van der Waals surface area contributed by atoms with Gasteiger partial charge < -0.3 is 19.5 Å². The number of aromatic nitrogens is 4. The summed E-state index contributed by atoms with van der Waals surface area (Å²) >= 11 is 6.06. The molecule has 1 amide bonds. The number of amides is 1. The van der Waals surface area contributed by atoms with Gasteiger partial charge in [-0.2, -0.15) is 0 Å². The highest BCUT2D eigenvalue weighted by Gasteiger charge is 2.15. The summed E-state index contributed by atoms with van der Waals surface area (Å²) in [5.41, 5.74) is 0.900. The van der Waals surface area contributed by atoms with Crippen molar-refractivity contribution in [2.45, 2.75) is 19.7 Å². The highest BCUT2D eigenvalue weighted by molar-refractivity contribution is 6.32. The first-order valence-electron chi connectivity index (χ1n) is 8.46. The second-order valence-electron chi connectivity index (χ2n) is 5.94. The molecule has 4 rings (SSSR count). The van der Waals surface area contributed by atoms with Gasteiger partial charge in [0.15, 0.2) is 17.3 Å². The third-order valence-electron chi connectivity index (χ3n) is 4.02. The van der Waals surface area contributed by atoms with Crippen molar-refractivity contribution in [2.75, 3.05) is 6.79 Å². The number of nitrogens with zero attached hydrogens (tertiary/aromatic N) is 4. The van der Waals surface area contributed by atoms with Gasteiger partial charge in [0.25, 0.3) is 0 Å². The Morgan fingerprint density at radius 2 is 2.07 bits per heavy atom. The number of nitrogens with one attached hydrogen (secondary N) is 1. The normalized spacial score (nSPS) is 12.0. The van der Waals surface area contributed by atoms with E-state index in [0.29, 0.717) is 34.6 Å². The number of rotatable bonds is 7. The monoisotopic (exact) mass is 401 g/mol. The zero-order valence-corrected chi connectivity index (χ0v) is 15.4. The summed E-state index contributed by atoms with van der Waals surface area (Å²) in [5.74, 6) is 2.08. The van der Waals surface area contributed by atoms with Gasteiger partial charge in [-0.05, 0) is 40.3 Å². The van der Waals surface area contributed by atoms with Crippen LogP contribution in [0.15, 0.2) is 42.5 Å². The fourth-order valence-electron chi connectivity index (χ4n) is 2.60. The molecule has 1 aliphatic heterocycles. The first kappa shape index (κ1) is 18.1. The largest absolute Gasteiger partial charge is 0.484 e. The Kier molecular flexibility index (Phi) is 5.24. The van der Waals surface area contributed by atoms with Crippen molar-refractivity contribution >= 4 is 17.5 Å². The molecule has 9 nitrogen and oxygen atoms in total. The number of ether oxygens (including phenoxy) is 3. The van der Waals surface area contributed by atoms with Gasteiger partial charge in [-0.3, -0.25) is 4.79 Å². The summed E-state index contributed by atoms with van der Waals surface area (Å²) in [6.07, 6.45) is 0. The Morgan fingerprint density at radius 3 is 2.96 bits per heavy atom. The van der Waals surface area contributed by atoms with Gasteiger partial charge in [0.2, 0.25) is 12.7 Å². The Hall–Kier alpha value is -3.33. The van der Waals surface area contributed by atoms with Gasteiger partial charge in [0, 0.05) is 6.54 Å². The van der Waals surface area contributed by atoms with Crippen molar-refractivity contribution in [3.63, 3.8) is 0 Å². The number of tetrazole rings is 1. The number of halogens is 1. The zero-order valence-electron chi connectivity index (χ0n) is 14.7. The van der Waals surface area contributed by atoms with Crippen molar-refractivity contribution < 1.29 is 19.0 Å². The predicted octanol–water partition coefficient (Wildman–Crippen LogP) is 1.95. The molecule has 0 bridgehead atoms. The molecular formula is C18H16ClN5O4. The van der Waals surface area contributed by atoms with Crippen LogP contribution in [-0.4, -0.2) is 32.9 Å². The molecule has 0 fully saturated rings. The fraction of sp³-hybridized carbons (Fsp3) is 0.222. The van der Waals surface area contributed by atoms with E-state index in [1.54, 1.807) is 12.1 Å². The Balaban J connectivity index is 1.31. The molecule has 3 aromatic rings. The van der Waals surface area contributed by atoms with E-state index in [1.165, 1.54) is 4.68 Å². The third-order valence-corrected chi connectivity index (χ3v) is 4.33. The van der Waals surface area contributed by atoms with E-state index in [9.17, 15) is 4.79 Å². The molecule has 2 heterocycles. The molecule has 10 heteroatoms. The number of carbonyl (C=O) groups excluding carboxylic acids is 1. The van der Waals surface area contributed by atoms with Gasteiger partial charge in [0.1, 0.15) is 18.9 Å². The molecule has 0 unspecified atom stereocenters. The smallest absolute Gasteiger partial charge is 0.242 e. The van der Waals surface area contributed by atoms with E-state index in [2.05, 4.69) is 20.8 Å². The summed E-state index contributed by atoms with van der Waals surface area (Å²) in [7, 11) is 0. The van der Waals surface area contributed by atoms with E-state index < -0.39 is 0 Å². The van der Waals surface area contributed by atoms with Crippen LogP contribution in [-0.2, 0) is 24.5 Å². The number of carbonyl (C=O) groups is 1. The maximum atomic E-state index is 12.3. The Bertz CT molecular complexity index is 994. The predicted molar refractivity (Wildman–Crippen MR) is 98.0 cm³/mol. The summed E-state index contributed by atoms with van der Waals surface area (Å²) in [5, 5.41) is 14.7. The van der Waals surface area contributed by atoms with Gasteiger partial charge in [-0.15, -0.1) is 5.10 Å². The lowest BCUT2D eigenvalue weighted by Gasteiger charge is -2.09. The van der Waals surface area contributed by atoms with E-state index in [-0.39, 0.29) is 25.9 Å². The topological polar surface area (TPSA) is 100 Å². The zero-order chi connectivity index (χ0) is 19.3. The minimum absolute atomic E-state index is 0.0290. The lowest BCUT2D eigenvalue weighted by Crippen LogP contribution is -2.28. The van der Waals surface area contributed by atoms with Crippen LogP contribution in [0.2, 0.25) is 5.02 Å². The lowest BCUT2D eigenvalue weighted by molar-refractivity contribution is -0.122. The first-order valence-corrected chi connectivity index (χ1v) is 8.84. The summed E-state index contributed by atoms with van der Waals surface area (Å²) < 4.78 is 17.6. The Labute approximate surface area is 165 Å². The van der Waals surface area contributed by atoms with Crippen molar-refractivity contribution in [3.8, 4) is 17.2 Å². The number of hydrogen-bond donors (Lipinski definition) is 1. The van der Waals surface area contributed by atoms with Gasteiger partial charge >= 0.3 is 0 Å². The average molecular weight is 402 g/mol. The van der Waals surface area contributed by atoms with E-state index in [1.807, 2.05) is 30.3 Å². The number of para-hydroxylation sites is 1. The molecule has 0 saturated heterocycles. The third kappa shape index (κ3) is 4.15. The molecule has 0 atom stereocenters. The summed E-state index contributed by atoms with van der Waals surface area (Å²) in [6, 6.07) is 12.6. The van der Waals surface area contributed by atoms with E-state index >= 15 is 0 Å². The quantitative estimate of drug-likeness (QED) is 0.645. The second kappa shape index (κ2) is 8.13. The minimum atomic E-state index is -0.232. The van der Waals surface area contributed by atoms with E-state index in [0.717, 1.165) is 5.56 Å². The van der Waals surface area contributed by atoms with Crippen molar-refractivity contribution in [2.24, 2.45) is 0 Å². The lowest BCUT2D eigenvalue weighted by atomic mass is 10.2. The van der Waals surface area contributed by atoms with Crippen LogP contribution in [0.3, 0.4) is 0 Å². The highest BCUT2D eigenvalue weighted by Crippen LogP contribution is 2.32. The molecule has 0 radical (unpaired) electrons. The number of hydrogen-bond acceptors (Lipinski definition) is 7. The van der Waals surface area contributed by atoms with Crippen LogP contribution in [0, 0.1) is 0 Å². The Morgan fingerprint density at radius 1 is 1.21 bits per heavy atom. The SMILES string of the molecule is O=C(Cn1nnnc1COc1ccccc1Cl)NCc1ccc2c(c1)OCO2. The van der Waals surface area contributed by atoms with Crippen LogP contribution >= 0.6 is 11.6 Å². The first-order chi connectivity index (χ1) is 13.7. The molecule has 2 aromatic carbocycles. The molecular weight excluding hydrogens is 386 g/mol. The van der Waals surface area contributed by atoms with E-state index in [4.69, 9.17) is 25.8 Å². The van der Waals surface area contributed by atoms with Crippen molar-refractivity contribution in [1.29, 1.82) is 0 Å². The maximum absolute atomic E-state index is 12.3. The standard InChI is InChI=1S/C18H16ClN5O4/c19-13-3-1-2-4-14(13)26-10-17-21-22-23-24(17)9-18(25)20-8-12-5-6-15-16(7-12)28-11-27-15/h1-7H,8-11H2,(H,20,25). The van der Waals surface area contributed by atoms with Gasteiger partial charge in [0.05, 0.1) is 5.02 Å². The molecule has 1 N–H and O–H groups in total. The minimum Gasteiger partial charge on any atom is -0.484 e. The average Bonchev–Trinajstić information content (AvgIpc) is 3.34. The van der Waals surface area contributed by atoms with Crippen LogP contribution < -0.4 is 19.5 Å².